The van der Waals surface area contributed by atoms with Gasteiger partial charge in [-0.25, -0.2) is 14.2 Å². The third-order valence-electron chi connectivity index (χ3n) is 2.51. The van der Waals surface area contributed by atoms with Crippen LogP contribution in [0.2, 0.25) is 0 Å². The van der Waals surface area contributed by atoms with Crippen LogP contribution in [0, 0.1) is 5.82 Å². The topological polar surface area (TPSA) is 53.4 Å². The van der Waals surface area contributed by atoms with E-state index < -0.39 is 5.97 Å². The highest BCUT2D eigenvalue weighted by Gasteiger charge is 2.12. The summed E-state index contributed by atoms with van der Waals surface area (Å²) in [6.07, 6.45) is 0. The lowest BCUT2D eigenvalue weighted by molar-refractivity contribution is 0.0690. The van der Waals surface area contributed by atoms with Gasteiger partial charge >= 0.3 is 5.97 Å². The molecule has 2 rings (SSSR count). The zero-order valence-corrected chi connectivity index (χ0v) is 9.67. The number of benzene rings is 1. The monoisotopic (exact) mass is 246 g/mol. The van der Waals surface area contributed by atoms with Crippen LogP contribution in [0.15, 0.2) is 42.5 Å². The van der Waals surface area contributed by atoms with E-state index in [1.54, 1.807) is 37.4 Å². The van der Waals surface area contributed by atoms with E-state index in [-0.39, 0.29) is 11.5 Å². The third-order valence-corrected chi connectivity index (χ3v) is 2.51. The average Bonchev–Trinajstić information content (AvgIpc) is 2.38. The number of carbonyl (C=O) groups is 1. The first-order valence-corrected chi connectivity index (χ1v) is 5.28. The Morgan fingerprint density at radius 3 is 2.61 bits per heavy atom. The Balaban J connectivity index is 2.40. The molecule has 0 aliphatic rings. The third kappa shape index (κ3) is 2.29. The van der Waals surface area contributed by atoms with Crippen molar-refractivity contribution in [3.63, 3.8) is 0 Å². The van der Waals surface area contributed by atoms with Gasteiger partial charge in [0, 0.05) is 7.05 Å². The molecule has 0 radical (unpaired) electrons. The van der Waals surface area contributed by atoms with Gasteiger partial charge in [-0.15, -0.1) is 0 Å². The number of pyridine rings is 1. The van der Waals surface area contributed by atoms with Gasteiger partial charge in [0.2, 0.25) is 0 Å². The summed E-state index contributed by atoms with van der Waals surface area (Å²) in [4.78, 5) is 16.3. The predicted octanol–water partition coefficient (Wildman–Crippen LogP) is 2.69. The average molecular weight is 246 g/mol. The van der Waals surface area contributed by atoms with Crippen molar-refractivity contribution >= 4 is 17.5 Å². The summed E-state index contributed by atoms with van der Waals surface area (Å²) in [5, 5.41) is 8.86. The van der Waals surface area contributed by atoms with Crippen molar-refractivity contribution in [2.45, 2.75) is 0 Å². The fourth-order valence-corrected chi connectivity index (χ4v) is 1.58. The van der Waals surface area contributed by atoms with E-state index in [0.717, 1.165) is 0 Å². The van der Waals surface area contributed by atoms with Crippen molar-refractivity contribution in [3.8, 4) is 0 Å². The molecule has 0 saturated carbocycles. The zero-order chi connectivity index (χ0) is 13.1. The highest BCUT2D eigenvalue weighted by Crippen LogP contribution is 2.24. The van der Waals surface area contributed by atoms with E-state index in [1.807, 2.05) is 0 Å². The highest BCUT2D eigenvalue weighted by molar-refractivity contribution is 5.86. The number of para-hydroxylation sites is 1. The molecular formula is C13H11FN2O2. The molecule has 0 fully saturated rings. The van der Waals surface area contributed by atoms with Gasteiger partial charge in [-0.05, 0) is 24.3 Å². The summed E-state index contributed by atoms with van der Waals surface area (Å²) < 4.78 is 13.6. The molecule has 0 atom stereocenters. The van der Waals surface area contributed by atoms with Crippen molar-refractivity contribution in [2.24, 2.45) is 0 Å². The highest BCUT2D eigenvalue weighted by atomic mass is 19.1. The van der Waals surface area contributed by atoms with Crippen molar-refractivity contribution in [2.75, 3.05) is 11.9 Å². The number of rotatable bonds is 3. The van der Waals surface area contributed by atoms with Gasteiger partial charge in [-0.1, -0.05) is 18.2 Å². The molecule has 0 aliphatic heterocycles. The number of halogens is 1. The van der Waals surface area contributed by atoms with Crippen LogP contribution in [-0.4, -0.2) is 23.1 Å². The quantitative estimate of drug-likeness (QED) is 0.904. The first-order valence-electron chi connectivity index (χ1n) is 5.28. The fourth-order valence-electron chi connectivity index (χ4n) is 1.58. The molecule has 92 valence electrons. The van der Waals surface area contributed by atoms with Crippen LogP contribution in [-0.2, 0) is 0 Å². The number of hydrogen-bond acceptors (Lipinski definition) is 3. The van der Waals surface area contributed by atoms with Crippen LogP contribution in [0.5, 0.6) is 0 Å². The molecule has 5 heteroatoms. The number of nitrogens with zero attached hydrogens (tertiary/aromatic N) is 2. The zero-order valence-electron chi connectivity index (χ0n) is 9.67. The summed E-state index contributed by atoms with van der Waals surface area (Å²) in [6, 6.07) is 10.8. The lowest BCUT2D eigenvalue weighted by atomic mass is 10.2. The van der Waals surface area contributed by atoms with E-state index in [0.29, 0.717) is 11.5 Å². The molecule has 1 aromatic heterocycles. The number of anilines is 2. The van der Waals surface area contributed by atoms with Crippen molar-refractivity contribution in [3.05, 3.63) is 54.0 Å². The van der Waals surface area contributed by atoms with Crippen LogP contribution in [0.25, 0.3) is 0 Å². The van der Waals surface area contributed by atoms with Gasteiger partial charge in [0.05, 0.1) is 5.69 Å². The fraction of sp³-hybridized carbons (Fsp3) is 0.0769. The van der Waals surface area contributed by atoms with Crippen molar-refractivity contribution < 1.29 is 14.3 Å². The normalized spacial score (nSPS) is 10.1. The molecule has 1 heterocycles. The Morgan fingerprint density at radius 2 is 1.94 bits per heavy atom. The molecule has 0 spiro atoms. The van der Waals surface area contributed by atoms with Crippen LogP contribution in [0.1, 0.15) is 10.5 Å². The molecule has 4 nitrogen and oxygen atoms in total. The van der Waals surface area contributed by atoms with Crippen LogP contribution in [0.4, 0.5) is 15.9 Å². The lowest BCUT2D eigenvalue weighted by Crippen LogP contribution is -2.14. The standard InChI is InChI=1S/C13H11FN2O2/c1-16(11-7-3-2-5-9(11)14)12-8-4-6-10(15-12)13(17)18/h2-8H,1H3,(H,17,18). The molecule has 18 heavy (non-hydrogen) atoms. The van der Waals surface area contributed by atoms with E-state index in [4.69, 9.17) is 5.11 Å². The smallest absolute Gasteiger partial charge is 0.354 e. The molecule has 0 amide bonds. The van der Waals surface area contributed by atoms with Crippen molar-refractivity contribution in [1.29, 1.82) is 0 Å². The maximum atomic E-state index is 13.6. The molecule has 0 unspecified atom stereocenters. The maximum absolute atomic E-state index is 13.6. The van der Waals surface area contributed by atoms with Gasteiger partial charge < -0.3 is 10.0 Å². The first-order chi connectivity index (χ1) is 8.59. The molecular weight excluding hydrogens is 235 g/mol. The largest absolute Gasteiger partial charge is 0.477 e. The number of carboxylic acids is 1. The van der Waals surface area contributed by atoms with E-state index in [9.17, 15) is 9.18 Å². The second-order valence-corrected chi connectivity index (χ2v) is 3.70. The summed E-state index contributed by atoms with van der Waals surface area (Å²) in [6.45, 7) is 0. The van der Waals surface area contributed by atoms with Crippen molar-refractivity contribution in [1.82, 2.24) is 4.98 Å². The van der Waals surface area contributed by atoms with Gasteiger partial charge in [0.15, 0.2) is 5.69 Å². The molecule has 0 bridgehead atoms. The number of aromatic nitrogens is 1. The summed E-state index contributed by atoms with van der Waals surface area (Å²) in [5.41, 5.74) is 0.267. The Kier molecular flexibility index (Phi) is 3.23. The second kappa shape index (κ2) is 4.83. The molecule has 2 aromatic rings. The van der Waals surface area contributed by atoms with Gasteiger partial charge in [-0.3, -0.25) is 0 Å². The Bertz CT molecular complexity index is 587. The van der Waals surface area contributed by atoms with Crippen LogP contribution in [0.3, 0.4) is 0 Å². The molecule has 1 N–H and O–H groups in total. The van der Waals surface area contributed by atoms with Crippen LogP contribution >= 0.6 is 0 Å². The summed E-state index contributed by atoms with van der Waals surface area (Å²) >= 11 is 0. The summed E-state index contributed by atoms with van der Waals surface area (Å²) in [5.74, 6) is -1.12. The molecule has 0 saturated heterocycles. The number of carboxylic acid groups (broad SMARTS) is 1. The first kappa shape index (κ1) is 12.0. The van der Waals surface area contributed by atoms with Crippen LogP contribution < -0.4 is 4.90 Å². The van der Waals surface area contributed by atoms with Gasteiger partial charge in [0.25, 0.3) is 0 Å². The minimum absolute atomic E-state index is 0.0734. The Morgan fingerprint density at radius 1 is 1.22 bits per heavy atom. The number of hydrogen-bond donors (Lipinski definition) is 1. The van der Waals surface area contributed by atoms with E-state index in [1.165, 1.54) is 17.0 Å². The van der Waals surface area contributed by atoms with Gasteiger partial charge in [0.1, 0.15) is 11.6 Å². The minimum atomic E-state index is -1.11. The number of aromatic carboxylic acids is 1. The maximum Gasteiger partial charge on any atom is 0.354 e. The molecule has 1 aromatic carbocycles. The van der Waals surface area contributed by atoms with E-state index in [2.05, 4.69) is 4.98 Å². The SMILES string of the molecule is CN(c1cccc(C(=O)O)n1)c1ccccc1F. The molecule has 0 aliphatic carbocycles. The summed E-state index contributed by atoms with van der Waals surface area (Å²) in [7, 11) is 1.63. The second-order valence-electron chi connectivity index (χ2n) is 3.70. The lowest BCUT2D eigenvalue weighted by Gasteiger charge is -2.18. The minimum Gasteiger partial charge on any atom is -0.477 e. The van der Waals surface area contributed by atoms with E-state index >= 15 is 0 Å². The predicted molar refractivity (Wildman–Crippen MR) is 65.7 cm³/mol. The van der Waals surface area contributed by atoms with Gasteiger partial charge in [-0.2, -0.15) is 0 Å². The Hall–Kier alpha value is -2.43. The Labute approximate surface area is 103 Å².